The van der Waals surface area contributed by atoms with Gasteiger partial charge in [0.15, 0.2) is 0 Å². The number of para-hydroxylation sites is 2. The highest BCUT2D eigenvalue weighted by Gasteiger charge is 2.33. The lowest BCUT2D eigenvalue weighted by Crippen LogP contribution is -2.58. The van der Waals surface area contributed by atoms with E-state index in [9.17, 15) is 18.0 Å². The van der Waals surface area contributed by atoms with Crippen molar-refractivity contribution in [3.05, 3.63) is 58.1 Å². The number of rotatable bonds is 8. The minimum absolute atomic E-state index is 0.147. The maximum Gasteiger partial charge on any atom is 0.245 e. The van der Waals surface area contributed by atoms with Crippen LogP contribution in [0.2, 0.25) is 10.0 Å². The number of anilines is 2. The average molecular weight is 555 g/mol. The van der Waals surface area contributed by atoms with Crippen LogP contribution < -0.4 is 20.3 Å². The first kappa shape index (κ1) is 26.5. The van der Waals surface area contributed by atoms with E-state index >= 15 is 0 Å². The van der Waals surface area contributed by atoms with Crippen LogP contribution in [0.25, 0.3) is 0 Å². The Labute approximate surface area is 221 Å². The van der Waals surface area contributed by atoms with Crippen LogP contribution in [0.3, 0.4) is 0 Å². The van der Waals surface area contributed by atoms with E-state index in [-0.39, 0.29) is 17.7 Å². The van der Waals surface area contributed by atoms with E-state index in [1.54, 1.807) is 35.2 Å². The number of nitrogens with one attached hydrogen (secondary N) is 3. The second-order valence-corrected chi connectivity index (χ2v) is 11.6. The minimum Gasteiger partial charge on any atom is -0.366 e. The molecule has 1 atom stereocenters. The molecule has 4 rings (SSSR count). The van der Waals surface area contributed by atoms with Crippen LogP contribution in [-0.4, -0.2) is 76.7 Å². The number of nitrogens with zero attached hydrogens (tertiary/aromatic N) is 2. The number of hydrogen-bond donors (Lipinski definition) is 3. The maximum atomic E-state index is 13.5. The second kappa shape index (κ2) is 11.2. The largest absolute Gasteiger partial charge is 0.366 e. The summed E-state index contributed by atoms with van der Waals surface area (Å²) in [7, 11) is -3.43. The van der Waals surface area contributed by atoms with Crippen molar-refractivity contribution in [3.63, 3.8) is 0 Å². The molecule has 2 amide bonds. The summed E-state index contributed by atoms with van der Waals surface area (Å²) in [6, 6.07) is 11.6. The Hall–Kier alpha value is -2.53. The number of sulfonamides is 1. The number of piperazine rings is 1. The summed E-state index contributed by atoms with van der Waals surface area (Å²) in [5.74, 6) is -0.458. The molecule has 2 aliphatic heterocycles. The highest BCUT2D eigenvalue weighted by atomic mass is 35.5. The number of benzene rings is 2. The Kier molecular flexibility index (Phi) is 8.29. The third kappa shape index (κ3) is 6.61. The zero-order valence-corrected chi connectivity index (χ0v) is 22.2. The van der Waals surface area contributed by atoms with Crippen molar-refractivity contribution in [3.8, 4) is 0 Å². The lowest BCUT2D eigenvalue weighted by molar-refractivity contribution is -0.138. The van der Waals surface area contributed by atoms with Crippen LogP contribution in [0.15, 0.2) is 42.5 Å². The van der Waals surface area contributed by atoms with E-state index in [4.69, 9.17) is 23.2 Å². The molecule has 12 heteroatoms. The molecule has 2 aromatic rings. The van der Waals surface area contributed by atoms with E-state index < -0.39 is 16.1 Å². The SMILES string of the molecule is CS(=O)(=O)Nc1ccccc1N1CCN(C(=O)C(Cc2ccc(Cl)c(Cl)c2)NC(=O)C2CNC2)CC1. The lowest BCUT2D eigenvalue weighted by atomic mass is 9.99. The molecule has 9 nitrogen and oxygen atoms in total. The third-order valence-electron chi connectivity index (χ3n) is 6.32. The Balaban J connectivity index is 1.45. The molecule has 0 aliphatic carbocycles. The van der Waals surface area contributed by atoms with Crippen molar-refractivity contribution in [1.82, 2.24) is 15.5 Å². The Morgan fingerprint density at radius 3 is 2.36 bits per heavy atom. The van der Waals surface area contributed by atoms with Gasteiger partial charge >= 0.3 is 0 Å². The summed E-state index contributed by atoms with van der Waals surface area (Å²) >= 11 is 12.2. The summed E-state index contributed by atoms with van der Waals surface area (Å²) in [5, 5.41) is 6.83. The van der Waals surface area contributed by atoms with Crippen LogP contribution in [0.4, 0.5) is 11.4 Å². The molecule has 2 heterocycles. The van der Waals surface area contributed by atoms with Crippen LogP contribution >= 0.6 is 23.2 Å². The maximum absolute atomic E-state index is 13.5. The first-order valence-corrected chi connectivity index (χ1v) is 14.3. The predicted octanol–water partition coefficient (Wildman–Crippen LogP) is 1.96. The minimum atomic E-state index is -3.43. The number of carbonyl (C=O) groups excluding carboxylic acids is 2. The molecule has 0 spiro atoms. The van der Waals surface area contributed by atoms with E-state index in [1.165, 1.54) is 0 Å². The van der Waals surface area contributed by atoms with Crippen LogP contribution in [-0.2, 0) is 26.0 Å². The Morgan fingerprint density at radius 2 is 1.75 bits per heavy atom. The predicted molar refractivity (Wildman–Crippen MR) is 142 cm³/mol. The fraction of sp³-hybridized carbons (Fsp3) is 0.417. The second-order valence-electron chi connectivity index (χ2n) is 9.07. The van der Waals surface area contributed by atoms with E-state index in [1.807, 2.05) is 17.0 Å². The van der Waals surface area contributed by atoms with E-state index in [0.717, 1.165) is 17.5 Å². The summed E-state index contributed by atoms with van der Waals surface area (Å²) in [5.41, 5.74) is 2.06. The van der Waals surface area contributed by atoms with Crippen molar-refractivity contribution in [1.29, 1.82) is 0 Å². The topological polar surface area (TPSA) is 111 Å². The molecule has 0 aromatic heterocycles. The van der Waals surface area contributed by atoms with Crippen molar-refractivity contribution in [2.45, 2.75) is 12.5 Å². The van der Waals surface area contributed by atoms with Gasteiger partial charge in [-0.15, -0.1) is 0 Å². The van der Waals surface area contributed by atoms with Crippen molar-refractivity contribution in [2.24, 2.45) is 5.92 Å². The molecule has 0 radical (unpaired) electrons. The molecule has 2 fully saturated rings. The Morgan fingerprint density at radius 1 is 1.06 bits per heavy atom. The van der Waals surface area contributed by atoms with Gasteiger partial charge < -0.3 is 20.4 Å². The van der Waals surface area contributed by atoms with Gasteiger partial charge in [-0.05, 0) is 29.8 Å². The summed E-state index contributed by atoms with van der Waals surface area (Å²) in [6.45, 7) is 3.11. The summed E-state index contributed by atoms with van der Waals surface area (Å²) < 4.78 is 26.1. The standard InChI is InChI=1S/C24H29Cl2N5O4S/c1-36(34,35)29-20-4-2-3-5-22(20)30-8-10-31(11-9-30)24(33)21(28-23(32)17-14-27-15-17)13-16-6-7-18(25)19(26)12-16/h2-7,12,17,21,27,29H,8-11,13-15H2,1H3,(H,28,32). The normalized spacial score (nSPS) is 17.3. The van der Waals surface area contributed by atoms with Gasteiger partial charge in [-0.2, -0.15) is 0 Å². The van der Waals surface area contributed by atoms with Gasteiger partial charge in [0.05, 0.1) is 33.6 Å². The summed E-state index contributed by atoms with van der Waals surface area (Å²) in [6.07, 6.45) is 1.41. The monoisotopic (exact) mass is 553 g/mol. The Bertz CT molecular complexity index is 1230. The van der Waals surface area contributed by atoms with E-state index in [2.05, 4.69) is 15.4 Å². The molecule has 194 valence electrons. The third-order valence-corrected chi connectivity index (χ3v) is 7.65. The number of halogens is 2. The van der Waals surface area contributed by atoms with Gasteiger partial charge in [0.1, 0.15) is 6.04 Å². The zero-order valence-electron chi connectivity index (χ0n) is 19.8. The molecule has 0 saturated carbocycles. The lowest BCUT2D eigenvalue weighted by Gasteiger charge is -2.38. The van der Waals surface area contributed by atoms with Gasteiger partial charge in [-0.25, -0.2) is 8.42 Å². The van der Waals surface area contributed by atoms with Gasteiger partial charge in [-0.3, -0.25) is 14.3 Å². The van der Waals surface area contributed by atoms with Crippen LogP contribution in [0.5, 0.6) is 0 Å². The molecular formula is C24H29Cl2N5O4S. The molecule has 36 heavy (non-hydrogen) atoms. The van der Waals surface area contributed by atoms with Gasteiger partial charge in [0, 0.05) is 45.7 Å². The van der Waals surface area contributed by atoms with Gasteiger partial charge in [0.2, 0.25) is 21.8 Å². The average Bonchev–Trinajstić information content (AvgIpc) is 2.79. The zero-order chi connectivity index (χ0) is 25.9. The van der Waals surface area contributed by atoms with Gasteiger partial charge in [0.25, 0.3) is 0 Å². The van der Waals surface area contributed by atoms with Crippen LogP contribution in [0, 0.1) is 5.92 Å². The molecule has 3 N–H and O–H groups in total. The molecule has 2 aliphatic rings. The molecular weight excluding hydrogens is 525 g/mol. The van der Waals surface area contributed by atoms with E-state index in [0.29, 0.717) is 61.4 Å². The van der Waals surface area contributed by atoms with Gasteiger partial charge in [-0.1, -0.05) is 41.4 Å². The first-order chi connectivity index (χ1) is 17.1. The molecule has 2 aromatic carbocycles. The van der Waals surface area contributed by atoms with Crippen LogP contribution in [0.1, 0.15) is 5.56 Å². The molecule has 1 unspecified atom stereocenters. The number of amides is 2. The fourth-order valence-corrected chi connectivity index (χ4v) is 5.18. The van der Waals surface area contributed by atoms with Crippen molar-refractivity contribution >= 4 is 56.4 Å². The first-order valence-electron chi connectivity index (χ1n) is 11.7. The smallest absolute Gasteiger partial charge is 0.245 e. The quantitative estimate of drug-likeness (QED) is 0.460. The molecule has 2 saturated heterocycles. The fourth-order valence-electron chi connectivity index (χ4n) is 4.29. The number of hydrogen-bond acceptors (Lipinski definition) is 6. The number of carbonyl (C=O) groups is 2. The van der Waals surface area contributed by atoms with Crippen molar-refractivity contribution in [2.75, 3.05) is 55.1 Å². The highest BCUT2D eigenvalue weighted by molar-refractivity contribution is 7.92. The summed E-state index contributed by atoms with van der Waals surface area (Å²) in [4.78, 5) is 30.0. The molecule has 0 bridgehead atoms. The highest BCUT2D eigenvalue weighted by Crippen LogP contribution is 2.28. The van der Waals surface area contributed by atoms with Crippen molar-refractivity contribution < 1.29 is 18.0 Å².